The number of amides is 1. The number of carbonyl (C=O) groups excluding carboxylic acids is 1. The zero-order valence-corrected chi connectivity index (χ0v) is 18.5. The van der Waals surface area contributed by atoms with Gasteiger partial charge in [0.1, 0.15) is 11.5 Å². The number of nitrogens with one attached hydrogen (secondary N) is 1. The Morgan fingerprint density at radius 1 is 1.03 bits per heavy atom. The maximum atomic E-state index is 12.0. The van der Waals surface area contributed by atoms with Crippen molar-refractivity contribution in [1.82, 2.24) is 5.43 Å². The van der Waals surface area contributed by atoms with Crippen LogP contribution in [0.5, 0.6) is 11.5 Å². The normalized spacial score (nSPS) is 12.2. The van der Waals surface area contributed by atoms with Crippen LogP contribution >= 0.6 is 0 Å². The van der Waals surface area contributed by atoms with E-state index in [0.717, 1.165) is 22.3 Å². The van der Waals surface area contributed by atoms with Crippen LogP contribution in [0, 0.1) is 6.92 Å². The van der Waals surface area contributed by atoms with E-state index >= 15 is 0 Å². The smallest absolute Gasteiger partial charge is 0.277 e. The van der Waals surface area contributed by atoms with Gasteiger partial charge in [-0.15, -0.1) is 0 Å². The van der Waals surface area contributed by atoms with E-state index in [0.29, 0.717) is 11.5 Å². The molecule has 0 unspecified atom stereocenters. The molecule has 2 aromatic carbocycles. The van der Waals surface area contributed by atoms with Gasteiger partial charge < -0.3 is 9.84 Å². The van der Waals surface area contributed by atoms with Crippen molar-refractivity contribution in [2.24, 2.45) is 5.10 Å². The lowest BCUT2D eigenvalue weighted by Crippen LogP contribution is -2.24. The molecule has 0 bridgehead atoms. The molecule has 2 rings (SSSR count). The second kappa shape index (κ2) is 8.68. The highest BCUT2D eigenvalue weighted by molar-refractivity contribution is 5.84. The largest absolute Gasteiger partial charge is 0.507 e. The predicted octanol–water partition coefficient (Wildman–Crippen LogP) is 4.82. The SMILES string of the molecule is Cc1ccc(OCC(=O)N/N=C\c2cc(C(C)(C)C)c(O)c(C(C)(C)C)c2)cc1. The standard InChI is InChI=1S/C24H32N2O3/c1-16-8-10-18(11-9-16)29-15-21(27)26-25-14-17-12-19(23(2,3)4)22(28)20(13-17)24(5,6)7/h8-14,28H,15H2,1-7H3,(H,26,27)/b25-14-. The lowest BCUT2D eigenvalue weighted by molar-refractivity contribution is -0.123. The van der Waals surface area contributed by atoms with Gasteiger partial charge in [0.25, 0.3) is 5.91 Å². The molecule has 0 heterocycles. The third kappa shape index (κ3) is 6.34. The lowest BCUT2D eigenvalue weighted by atomic mass is 9.78. The van der Waals surface area contributed by atoms with Crippen molar-refractivity contribution < 1.29 is 14.6 Å². The Balaban J connectivity index is 2.11. The second-order valence-corrected chi connectivity index (χ2v) is 9.36. The topological polar surface area (TPSA) is 70.9 Å². The maximum absolute atomic E-state index is 12.0. The summed E-state index contributed by atoms with van der Waals surface area (Å²) in [6, 6.07) is 11.3. The first-order valence-corrected chi connectivity index (χ1v) is 9.77. The van der Waals surface area contributed by atoms with Crippen LogP contribution in [0.3, 0.4) is 0 Å². The molecule has 0 aliphatic heterocycles. The van der Waals surface area contributed by atoms with Crippen molar-refractivity contribution in [3.63, 3.8) is 0 Å². The van der Waals surface area contributed by atoms with Crippen molar-refractivity contribution >= 4 is 12.1 Å². The van der Waals surface area contributed by atoms with Crippen molar-refractivity contribution in [3.8, 4) is 11.5 Å². The number of hydrogen-bond acceptors (Lipinski definition) is 4. The molecule has 1 amide bonds. The van der Waals surface area contributed by atoms with Gasteiger partial charge in [-0.3, -0.25) is 4.79 Å². The van der Waals surface area contributed by atoms with E-state index in [4.69, 9.17) is 4.74 Å². The van der Waals surface area contributed by atoms with E-state index in [1.165, 1.54) is 0 Å². The minimum Gasteiger partial charge on any atom is -0.507 e. The molecular formula is C24H32N2O3. The van der Waals surface area contributed by atoms with E-state index in [-0.39, 0.29) is 23.3 Å². The first kappa shape index (κ1) is 22.5. The van der Waals surface area contributed by atoms with E-state index in [1.807, 2.05) is 43.3 Å². The number of hydrazone groups is 1. The zero-order valence-electron chi connectivity index (χ0n) is 18.5. The molecule has 0 saturated heterocycles. The number of aromatic hydroxyl groups is 1. The summed E-state index contributed by atoms with van der Waals surface area (Å²) in [5.74, 6) is 0.614. The van der Waals surface area contributed by atoms with Crippen LogP contribution in [-0.2, 0) is 15.6 Å². The van der Waals surface area contributed by atoms with E-state index < -0.39 is 0 Å². The molecule has 5 nitrogen and oxygen atoms in total. The summed E-state index contributed by atoms with van der Waals surface area (Å²) in [6.45, 7) is 14.2. The highest BCUT2D eigenvalue weighted by Gasteiger charge is 2.26. The number of benzene rings is 2. The number of nitrogens with zero attached hydrogens (tertiary/aromatic N) is 1. The van der Waals surface area contributed by atoms with Crippen molar-refractivity contribution in [2.75, 3.05) is 6.61 Å². The summed E-state index contributed by atoms with van der Waals surface area (Å²) < 4.78 is 5.45. The third-order valence-electron chi connectivity index (χ3n) is 4.54. The van der Waals surface area contributed by atoms with Crippen LogP contribution < -0.4 is 10.2 Å². The van der Waals surface area contributed by atoms with Crippen LogP contribution in [0.15, 0.2) is 41.5 Å². The molecule has 2 aromatic rings. The molecule has 0 fully saturated rings. The number of carbonyl (C=O) groups is 1. The molecule has 0 aliphatic rings. The third-order valence-corrected chi connectivity index (χ3v) is 4.54. The number of phenols is 1. The van der Waals surface area contributed by atoms with Gasteiger partial charge in [-0.2, -0.15) is 5.10 Å². The molecule has 0 radical (unpaired) electrons. The van der Waals surface area contributed by atoms with Gasteiger partial charge in [-0.05, 0) is 47.6 Å². The highest BCUT2D eigenvalue weighted by Crippen LogP contribution is 2.39. The molecule has 0 aliphatic carbocycles. The Morgan fingerprint density at radius 3 is 2.03 bits per heavy atom. The summed E-state index contributed by atoms with van der Waals surface area (Å²) in [5.41, 5.74) is 5.68. The molecule has 0 aromatic heterocycles. The van der Waals surface area contributed by atoms with Crippen LogP contribution in [0.4, 0.5) is 0 Å². The first-order chi connectivity index (χ1) is 13.4. The van der Waals surface area contributed by atoms with Crippen LogP contribution in [0.1, 0.15) is 63.8 Å². The fraction of sp³-hybridized carbons (Fsp3) is 0.417. The first-order valence-electron chi connectivity index (χ1n) is 9.77. The molecule has 0 atom stereocenters. The minimum atomic E-state index is -0.340. The molecule has 2 N–H and O–H groups in total. The number of ether oxygens (including phenoxy) is 1. The number of rotatable bonds is 5. The summed E-state index contributed by atoms with van der Waals surface area (Å²) in [7, 11) is 0. The van der Waals surface area contributed by atoms with Gasteiger partial charge in [-0.25, -0.2) is 5.43 Å². The minimum absolute atomic E-state index is 0.115. The average molecular weight is 397 g/mol. The Labute approximate surface area is 173 Å². The second-order valence-electron chi connectivity index (χ2n) is 9.36. The lowest BCUT2D eigenvalue weighted by Gasteiger charge is -2.27. The predicted molar refractivity (Wildman–Crippen MR) is 118 cm³/mol. The molecular weight excluding hydrogens is 364 g/mol. The van der Waals surface area contributed by atoms with Crippen molar-refractivity contribution in [3.05, 3.63) is 58.7 Å². The molecule has 29 heavy (non-hydrogen) atoms. The van der Waals surface area contributed by atoms with Gasteiger partial charge in [0.05, 0.1) is 6.21 Å². The van der Waals surface area contributed by atoms with Crippen molar-refractivity contribution in [2.45, 2.75) is 59.3 Å². The van der Waals surface area contributed by atoms with Gasteiger partial charge in [0.15, 0.2) is 6.61 Å². The number of phenolic OH excluding ortho intramolecular Hbond substituents is 1. The van der Waals surface area contributed by atoms with E-state index in [9.17, 15) is 9.90 Å². The van der Waals surface area contributed by atoms with Gasteiger partial charge in [0, 0.05) is 11.1 Å². The molecule has 0 spiro atoms. The van der Waals surface area contributed by atoms with Crippen LogP contribution in [-0.4, -0.2) is 23.8 Å². The fourth-order valence-electron chi connectivity index (χ4n) is 2.87. The van der Waals surface area contributed by atoms with Crippen molar-refractivity contribution in [1.29, 1.82) is 0 Å². The summed E-state index contributed by atoms with van der Waals surface area (Å²) in [4.78, 5) is 12.0. The van der Waals surface area contributed by atoms with Gasteiger partial charge in [0.2, 0.25) is 0 Å². The number of hydrogen-bond donors (Lipinski definition) is 2. The molecule has 5 heteroatoms. The highest BCUT2D eigenvalue weighted by atomic mass is 16.5. The summed E-state index contributed by atoms with van der Waals surface area (Å²) >= 11 is 0. The molecule has 156 valence electrons. The number of aryl methyl sites for hydroxylation is 1. The van der Waals surface area contributed by atoms with E-state index in [2.05, 4.69) is 52.1 Å². The fourth-order valence-corrected chi connectivity index (χ4v) is 2.87. The monoisotopic (exact) mass is 396 g/mol. The summed E-state index contributed by atoms with van der Waals surface area (Å²) in [6.07, 6.45) is 1.59. The zero-order chi connectivity index (χ0) is 21.8. The van der Waals surface area contributed by atoms with Crippen LogP contribution in [0.25, 0.3) is 0 Å². The maximum Gasteiger partial charge on any atom is 0.277 e. The molecule has 0 saturated carbocycles. The van der Waals surface area contributed by atoms with Gasteiger partial charge in [-0.1, -0.05) is 59.2 Å². The Hall–Kier alpha value is -2.82. The van der Waals surface area contributed by atoms with E-state index in [1.54, 1.807) is 6.21 Å². The van der Waals surface area contributed by atoms with Gasteiger partial charge >= 0.3 is 0 Å². The quantitative estimate of drug-likeness (QED) is 0.562. The Morgan fingerprint density at radius 2 is 1.55 bits per heavy atom. The Kier molecular flexibility index (Phi) is 6.73. The Bertz CT molecular complexity index is 851. The summed E-state index contributed by atoms with van der Waals surface area (Å²) in [5, 5.41) is 14.8. The van der Waals surface area contributed by atoms with Crippen LogP contribution in [0.2, 0.25) is 0 Å². The average Bonchev–Trinajstić information content (AvgIpc) is 2.60.